The summed E-state index contributed by atoms with van der Waals surface area (Å²) in [5.74, 6) is -0.176. The zero-order valence-electron chi connectivity index (χ0n) is 22.3. The molecule has 40 heavy (non-hydrogen) atoms. The van der Waals surface area contributed by atoms with Gasteiger partial charge in [-0.05, 0) is 76.0 Å². The van der Waals surface area contributed by atoms with Gasteiger partial charge in [-0.1, -0.05) is 17.7 Å². The van der Waals surface area contributed by atoms with Crippen LogP contribution < -0.4 is 16.0 Å². The molecule has 2 aromatic heterocycles. The molecule has 0 aliphatic heterocycles. The van der Waals surface area contributed by atoms with E-state index in [4.69, 9.17) is 21.1 Å². The molecule has 0 aliphatic carbocycles. The van der Waals surface area contributed by atoms with Crippen molar-refractivity contribution in [2.24, 2.45) is 7.05 Å². The van der Waals surface area contributed by atoms with E-state index < -0.39 is 40.8 Å². The zero-order chi connectivity index (χ0) is 29.7. The van der Waals surface area contributed by atoms with Crippen LogP contribution >= 0.6 is 23.1 Å². The van der Waals surface area contributed by atoms with E-state index >= 15 is 0 Å². The molecule has 2 aromatic carbocycles. The highest BCUT2D eigenvalue weighted by Crippen LogP contribution is 2.40. The van der Waals surface area contributed by atoms with Crippen LogP contribution in [0.5, 0.6) is 5.75 Å². The summed E-state index contributed by atoms with van der Waals surface area (Å²) in [5, 5.41) is 0.367. The number of esters is 1. The minimum atomic E-state index is -4.89. The van der Waals surface area contributed by atoms with Crippen molar-refractivity contribution in [2.45, 2.75) is 52.5 Å². The number of hydrogen-bond acceptors (Lipinski definition) is 7. The van der Waals surface area contributed by atoms with Crippen LogP contribution in [0, 0.1) is 6.92 Å². The quantitative estimate of drug-likeness (QED) is 0.267. The fourth-order valence-electron chi connectivity index (χ4n) is 4.03. The number of nitrogens with zero attached hydrogens (tertiary/aromatic N) is 3. The molecule has 4 rings (SSSR count). The number of alkyl halides is 3. The van der Waals surface area contributed by atoms with Gasteiger partial charge in [0, 0.05) is 24.1 Å². The molecule has 0 amide bonds. The Bertz CT molecular complexity index is 1750. The number of aryl methyl sites for hydroxylation is 1. The van der Waals surface area contributed by atoms with Gasteiger partial charge in [0.15, 0.2) is 6.10 Å². The van der Waals surface area contributed by atoms with Crippen LogP contribution in [0.2, 0.25) is 5.02 Å². The van der Waals surface area contributed by atoms with E-state index in [0.717, 1.165) is 24.1 Å². The van der Waals surface area contributed by atoms with Crippen molar-refractivity contribution in [1.82, 2.24) is 13.5 Å². The molecule has 0 bridgehead atoms. The summed E-state index contributed by atoms with van der Waals surface area (Å²) in [6.45, 7) is 8.65. The first-order valence-corrected chi connectivity index (χ1v) is 13.1. The minimum Gasteiger partial charge on any atom is -0.479 e. The summed E-state index contributed by atoms with van der Waals surface area (Å²) in [5.41, 5.74) is -2.72. The second-order valence-electron chi connectivity index (χ2n) is 10.1. The van der Waals surface area contributed by atoms with E-state index in [2.05, 4.69) is 4.37 Å². The van der Waals surface area contributed by atoms with Gasteiger partial charge in [0.1, 0.15) is 17.0 Å². The van der Waals surface area contributed by atoms with Crippen LogP contribution in [0.25, 0.3) is 27.0 Å². The smallest absolute Gasteiger partial charge is 0.431 e. The van der Waals surface area contributed by atoms with Gasteiger partial charge in [0.05, 0.1) is 21.1 Å². The number of rotatable bonds is 5. The molecule has 1 atom stereocenters. The molecule has 0 radical (unpaired) electrons. The van der Waals surface area contributed by atoms with Crippen molar-refractivity contribution in [3.05, 3.63) is 73.5 Å². The number of halogens is 4. The zero-order valence-corrected chi connectivity index (χ0v) is 23.9. The molecule has 212 valence electrons. The lowest BCUT2D eigenvalue weighted by molar-refractivity contribution is -0.162. The lowest BCUT2D eigenvalue weighted by Gasteiger charge is -2.23. The highest BCUT2D eigenvalue weighted by atomic mass is 35.5. The predicted molar refractivity (Wildman–Crippen MR) is 147 cm³/mol. The Morgan fingerprint density at radius 3 is 2.40 bits per heavy atom. The average molecular weight is 596 g/mol. The summed E-state index contributed by atoms with van der Waals surface area (Å²) in [7, 11) is 0.929. The number of hydrogen-bond donors (Lipinski definition) is 0. The third-order valence-electron chi connectivity index (χ3n) is 5.92. The van der Waals surface area contributed by atoms with Crippen LogP contribution in [-0.4, -0.2) is 31.2 Å². The molecule has 1 unspecified atom stereocenters. The second kappa shape index (κ2) is 10.4. The van der Waals surface area contributed by atoms with E-state index in [1.54, 1.807) is 52.0 Å². The molecule has 4 aromatic rings. The number of ether oxygens (including phenoxy) is 2. The fraction of sp³-hybridized carbons (Fsp3) is 0.333. The van der Waals surface area contributed by atoms with Gasteiger partial charge in [-0.25, -0.2) is 14.2 Å². The van der Waals surface area contributed by atoms with Crippen molar-refractivity contribution in [3.63, 3.8) is 0 Å². The number of benzene rings is 2. The Hall–Kier alpha value is -3.64. The van der Waals surface area contributed by atoms with Crippen molar-refractivity contribution < 1.29 is 27.4 Å². The lowest BCUT2D eigenvalue weighted by Crippen LogP contribution is -2.40. The molecular formula is C27H25ClF3N3O5S. The summed E-state index contributed by atoms with van der Waals surface area (Å²) in [6.07, 6.45) is -5.80. The van der Waals surface area contributed by atoms with Crippen molar-refractivity contribution in [1.29, 1.82) is 0 Å². The molecule has 0 saturated carbocycles. The number of carbonyl (C=O) groups is 1. The van der Waals surface area contributed by atoms with Gasteiger partial charge in [-0.3, -0.25) is 9.36 Å². The van der Waals surface area contributed by atoms with Crippen LogP contribution in [-0.2, 0) is 22.8 Å². The Morgan fingerprint density at radius 1 is 1.10 bits per heavy atom. The summed E-state index contributed by atoms with van der Waals surface area (Å²) in [6, 6.07) is 8.46. The SMILES string of the molecule is Cc1ccc(OC(C)C(=O)OC(C)(C)C)cc1-c1nsc2ccc(-n3c(=O)cc(C(F)(F)F)n(C)c3=O)c(Cl)c12. The molecule has 2 heterocycles. The highest BCUT2D eigenvalue weighted by Gasteiger charge is 2.35. The van der Waals surface area contributed by atoms with Crippen LogP contribution in [0.15, 0.2) is 46.0 Å². The van der Waals surface area contributed by atoms with E-state index in [1.807, 2.05) is 6.92 Å². The summed E-state index contributed by atoms with van der Waals surface area (Å²) < 4.78 is 57.2. The van der Waals surface area contributed by atoms with E-state index in [9.17, 15) is 27.6 Å². The van der Waals surface area contributed by atoms with Crippen molar-refractivity contribution in [3.8, 4) is 22.7 Å². The van der Waals surface area contributed by atoms with Gasteiger partial charge in [0.25, 0.3) is 5.56 Å². The van der Waals surface area contributed by atoms with Gasteiger partial charge < -0.3 is 9.47 Å². The Labute approximate surface area is 235 Å². The second-order valence-corrected chi connectivity index (χ2v) is 11.3. The highest BCUT2D eigenvalue weighted by molar-refractivity contribution is 7.13. The van der Waals surface area contributed by atoms with Gasteiger partial charge in [-0.2, -0.15) is 17.5 Å². The third kappa shape index (κ3) is 5.64. The molecule has 0 N–H and O–H groups in total. The molecule has 0 fully saturated rings. The predicted octanol–water partition coefficient (Wildman–Crippen LogP) is 5.90. The minimum absolute atomic E-state index is 0.0342. The van der Waals surface area contributed by atoms with Crippen LogP contribution in [0.3, 0.4) is 0 Å². The normalized spacial score (nSPS) is 12.9. The summed E-state index contributed by atoms with van der Waals surface area (Å²) in [4.78, 5) is 38.0. The molecular weight excluding hydrogens is 571 g/mol. The number of carbonyl (C=O) groups excluding carboxylic acids is 1. The first-order valence-electron chi connectivity index (χ1n) is 12.0. The van der Waals surface area contributed by atoms with E-state index in [-0.39, 0.29) is 10.7 Å². The van der Waals surface area contributed by atoms with Gasteiger partial charge in [-0.15, -0.1) is 0 Å². The van der Waals surface area contributed by atoms with Gasteiger partial charge >= 0.3 is 17.8 Å². The monoisotopic (exact) mass is 595 g/mol. The standard InChI is InChI=1S/C27H25ClF3N3O5S/c1-13-7-8-15(38-14(2)24(36)39-26(3,4)5)11-16(13)23-21-18(40-32-23)10-9-17(22(21)28)34-20(35)12-19(27(29,30)31)33(6)25(34)37/h7-12,14H,1-6H3. The number of fused-ring (bicyclic) bond motifs is 1. The molecule has 0 spiro atoms. The van der Waals surface area contributed by atoms with Crippen LogP contribution in [0.4, 0.5) is 13.2 Å². The molecule has 8 nitrogen and oxygen atoms in total. The fourth-order valence-corrected chi connectivity index (χ4v) is 5.22. The maximum atomic E-state index is 13.3. The Balaban J connectivity index is 1.82. The van der Waals surface area contributed by atoms with E-state index in [1.165, 1.54) is 6.07 Å². The lowest BCUT2D eigenvalue weighted by atomic mass is 10.0. The molecule has 0 saturated heterocycles. The first-order chi connectivity index (χ1) is 18.5. The van der Waals surface area contributed by atoms with E-state index in [0.29, 0.717) is 42.3 Å². The topological polar surface area (TPSA) is 92.4 Å². The van der Waals surface area contributed by atoms with Gasteiger partial charge in [0.2, 0.25) is 0 Å². The third-order valence-corrected chi connectivity index (χ3v) is 7.12. The van der Waals surface area contributed by atoms with Crippen molar-refractivity contribution >= 4 is 39.2 Å². The largest absolute Gasteiger partial charge is 0.479 e. The average Bonchev–Trinajstić information content (AvgIpc) is 3.27. The first kappa shape index (κ1) is 29.3. The molecule has 13 heteroatoms. The number of aromatic nitrogens is 3. The maximum absolute atomic E-state index is 13.3. The van der Waals surface area contributed by atoms with Crippen molar-refractivity contribution in [2.75, 3.05) is 0 Å². The summed E-state index contributed by atoms with van der Waals surface area (Å²) >= 11 is 7.84. The van der Waals surface area contributed by atoms with Crippen LogP contribution in [0.1, 0.15) is 39.0 Å². The molecule has 0 aliphatic rings. The Kier molecular flexibility index (Phi) is 7.63. The maximum Gasteiger partial charge on any atom is 0.431 e. The Morgan fingerprint density at radius 2 is 1.77 bits per heavy atom.